The number of amides is 1. The second kappa shape index (κ2) is 9.43. The molecule has 29 heavy (non-hydrogen) atoms. The summed E-state index contributed by atoms with van der Waals surface area (Å²) in [5, 5.41) is 5.08. The Morgan fingerprint density at radius 1 is 1.03 bits per heavy atom. The first-order valence-electron chi connectivity index (χ1n) is 9.32. The first-order valence-corrected chi connectivity index (χ1v) is 12.0. The maximum atomic E-state index is 12.7. The van der Waals surface area contributed by atoms with Crippen molar-refractivity contribution in [2.24, 2.45) is 0 Å². The van der Waals surface area contributed by atoms with E-state index in [1.165, 1.54) is 41.1 Å². The zero-order valence-corrected chi connectivity index (χ0v) is 18.1. The zero-order chi connectivity index (χ0) is 20.9. The van der Waals surface area contributed by atoms with Crippen LogP contribution < -0.4 is 10.0 Å². The highest BCUT2D eigenvalue weighted by Crippen LogP contribution is 2.28. The van der Waals surface area contributed by atoms with Gasteiger partial charge in [-0.3, -0.25) is 4.79 Å². The van der Waals surface area contributed by atoms with E-state index in [1.54, 1.807) is 12.1 Å². The van der Waals surface area contributed by atoms with Crippen molar-refractivity contribution < 1.29 is 13.2 Å². The topological polar surface area (TPSA) is 75.3 Å². The minimum Gasteiger partial charge on any atom is -0.325 e. The Kier molecular flexibility index (Phi) is 6.95. The van der Waals surface area contributed by atoms with E-state index in [1.807, 2.05) is 24.5 Å². The Bertz CT molecular complexity index is 1120. The third-order valence-electron chi connectivity index (χ3n) is 4.59. The number of sulfonamides is 1. The van der Waals surface area contributed by atoms with Crippen molar-refractivity contribution in [2.45, 2.75) is 29.6 Å². The van der Waals surface area contributed by atoms with Crippen molar-refractivity contribution in [3.05, 3.63) is 66.2 Å². The van der Waals surface area contributed by atoms with Crippen LogP contribution in [0.5, 0.6) is 0 Å². The fraction of sp³-hybridized carbons (Fsp3) is 0.227. The van der Waals surface area contributed by atoms with Crippen LogP contribution in [-0.2, 0) is 21.2 Å². The molecule has 0 atom stereocenters. The number of carbonyl (C=O) groups is 1. The number of rotatable bonds is 8. The summed E-state index contributed by atoms with van der Waals surface area (Å²) in [4.78, 5) is 12.4. The molecular weight excluding hydrogens is 404 g/mol. The molecule has 0 saturated heterocycles. The molecule has 0 bridgehead atoms. The highest BCUT2D eigenvalue weighted by molar-refractivity contribution is 7.98. The van der Waals surface area contributed by atoms with Gasteiger partial charge in [0.15, 0.2) is 0 Å². The molecule has 0 aromatic heterocycles. The SMILES string of the molecule is CSc1ccc(S(=O)(=O)NCCCc2cccc3ccccc23)cc1NC(C)=O. The molecule has 0 spiro atoms. The van der Waals surface area contributed by atoms with Gasteiger partial charge in [-0.1, -0.05) is 42.5 Å². The maximum absolute atomic E-state index is 12.7. The summed E-state index contributed by atoms with van der Waals surface area (Å²) < 4.78 is 28.0. The highest BCUT2D eigenvalue weighted by atomic mass is 32.2. The molecule has 2 N–H and O–H groups in total. The standard InChI is InChI=1S/C22H24N2O3S2/c1-16(25)24-21-15-19(12-13-22(21)28-2)29(26,27)23-14-6-10-18-9-5-8-17-7-3-4-11-20(17)18/h3-5,7-9,11-13,15,23H,6,10,14H2,1-2H3,(H,24,25). The second-order valence-corrected chi connectivity index (χ2v) is 9.30. The van der Waals surface area contributed by atoms with Crippen LogP contribution >= 0.6 is 11.8 Å². The average Bonchev–Trinajstić information content (AvgIpc) is 2.71. The molecule has 0 aliphatic carbocycles. The van der Waals surface area contributed by atoms with Crippen molar-refractivity contribution in [1.82, 2.24) is 4.72 Å². The number of hydrogen-bond donors (Lipinski definition) is 2. The van der Waals surface area contributed by atoms with Gasteiger partial charge in [-0.15, -0.1) is 11.8 Å². The molecule has 0 unspecified atom stereocenters. The van der Waals surface area contributed by atoms with Crippen molar-refractivity contribution in [3.63, 3.8) is 0 Å². The number of benzene rings is 3. The Morgan fingerprint density at radius 3 is 2.55 bits per heavy atom. The lowest BCUT2D eigenvalue weighted by molar-refractivity contribution is -0.114. The second-order valence-electron chi connectivity index (χ2n) is 6.68. The van der Waals surface area contributed by atoms with E-state index in [9.17, 15) is 13.2 Å². The molecule has 0 fully saturated rings. The molecule has 3 aromatic carbocycles. The summed E-state index contributed by atoms with van der Waals surface area (Å²) in [6.07, 6.45) is 3.35. The molecule has 0 heterocycles. The largest absolute Gasteiger partial charge is 0.325 e. The highest BCUT2D eigenvalue weighted by Gasteiger charge is 2.16. The van der Waals surface area contributed by atoms with Gasteiger partial charge in [-0.05, 0) is 53.6 Å². The minimum absolute atomic E-state index is 0.143. The van der Waals surface area contributed by atoms with Crippen LogP contribution in [0, 0.1) is 0 Å². The zero-order valence-electron chi connectivity index (χ0n) is 16.4. The molecule has 0 aliphatic heterocycles. The number of thioether (sulfide) groups is 1. The maximum Gasteiger partial charge on any atom is 0.240 e. The number of carbonyl (C=O) groups excluding carboxylic acids is 1. The van der Waals surface area contributed by atoms with E-state index >= 15 is 0 Å². The molecule has 0 aliphatic rings. The van der Waals surface area contributed by atoms with Crippen molar-refractivity contribution in [2.75, 3.05) is 18.1 Å². The number of nitrogens with one attached hydrogen (secondary N) is 2. The van der Waals surface area contributed by atoms with Gasteiger partial charge in [0.25, 0.3) is 0 Å². The van der Waals surface area contributed by atoms with Crippen molar-refractivity contribution in [3.8, 4) is 0 Å². The van der Waals surface area contributed by atoms with Gasteiger partial charge in [-0.25, -0.2) is 13.1 Å². The monoisotopic (exact) mass is 428 g/mol. The molecule has 7 heteroatoms. The van der Waals surface area contributed by atoms with Gasteiger partial charge >= 0.3 is 0 Å². The van der Waals surface area contributed by atoms with Gasteiger partial charge in [0, 0.05) is 18.4 Å². The lowest BCUT2D eigenvalue weighted by Gasteiger charge is -2.12. The quantitative estimate of drug-likeness (QED) is 0.411. The number of hydrogen-bond acceptors (Lipinski definition) is 4. The Labute approximate surface area is 176 Å². The normalized spacial score (nSPS) is 11.5. The van der Waals surface area contributed by atoms with E-state index in [0.29, 0.717) is 18.7 Å². The third-order valence-corrected chi connectivity index (χ3v) is 6.84. The Balaban J connectivity index is 1.66. The molecule has 3 rings (SSSR count). The molecule has 5 nitrogen and oxygen atoms in total. The summed E-state index contributed by atoms with van der Waals surface area (Å²) in [6.45, 7) is 1.74. The third kappa shape index (κ3) is 5.38. The van der Waals surface area contributed by atoms with E-state index in [0.717, 1.165) is 11.3 Å². The number of anilines is 1. The predicted molar refractivity (Wildman–Crippen MR) is 120 cm³/mol. The van der Waals surface area contributed by atoms with Crippen molar-refractivity contribution in [1.29, 1.82) is 0 Å². The lowest BCUT2D eigenvalue weighted by Crippen LogP contribution is -2.25. The minimum atomic E-state index is -3.65. The number of fused-ring (bicyclic) bond motifs is 1. The molecule has 3 aromatic rings. The summed E-state index contributed by atoms with van der Waals surface area (Å²) in [5.41, 5.74) is 1.71. The molecule has 152 valence electrons. The predicted octanol–water partition coefficient (Wildman–Crippen LogP) is 4.43. The summed E-state index contributed by atoms with van der Waals surface area (Å²) in [6, 6.07) is 19.1. The lowest BCUT2D eigenvalue weighted by atomic mass is 10.0. The van der Waals surface area contributed by atoms with Crippen LogP contribution in [0.15, 0.2) is 70.5 Å². The van der Waals surface area contributed by atoms with Crippen molar-refractivity contribution >= 4 is 44.2 Å². The molecule has 0 radical (unpaired) electrons. The van der Waals surface area contributed by atoms with E-state index in [4.69, 9.17) is 0 Å². The van der Waals surface area contributed by atoms with E-state index < -0.39 is 10.0 Å². The first kappa shape index (κ1) is 21.4. The fourth-order valence-electron chi connectivity index (χ4n) is 3.22. The summed E-state index contributed by atoms with van der Waals surface area (Å²) in [5.74, 6) is -0.238. The summed E-state index contributed by atoms with van der Waals surface area (Å²) in [7, 11) is -3.65. The van der Waals surface area contributed by atoms with Crippen LogP contribution in [0.2, 0.25) is 0 Å². The fourth-order valence-corrected chi connectivity index (χ4v) is 4.85. The first-order chi connectivity index (χ1) is 13.9. The average molecular weight is 429 g/mol. The Morgan fingerprint density at radius 2 is 1.79 bits per heavy atom. The molecular formula is C22H24N2O3S2. The van der Waals surface area contributed by atoms with Crippen LogP contribution in [0.3, 0.4) is 0 Å². The van der Waals surface area contributed by atoms with Crippen LogP contribution in [0.25, 0.3) is 10.8 Å². The Hall–Kier alpha value is -2.35. The van der Waals surface area contributed by atoms with Crippen LogP contribution in [0.4, 0.5) is 5.69 Å². The smallest absolute Gasteiger partial charge is 0.240 e. The van der Waals surface area contributed by atoms with Gasteiger partial charge < -0.3 is 5.32 Å². The van der Waals surface area contributed by atoms with Crippen LogP contribution in [0.1, 0.15) is 18.9 Å². The van der Waals surface area contributed by atoms with Gasteiger partial charge in [0.1, 0.15) is 0 Å². The van der Waals surface area contributed by atoms with Gasteiger partial charge in [0.2, 0.25) is 15.9 Å². The molecule has 0 saturated carbocycles. The molecule has 1 amide bonds. The summed E-state index contributed by atoms with van der Waals surface area (Å²) >= 11 is 1.45. The van der Waals surface area contributed by atoms with E-state index in [-0.39, 0.29) is 10.8 Å². The van der Waals surface area contributed by atoms with Gasteiger partial charge in [-0.2, -0.15) is 0 Å². The van der Waals surface area contributed by atoms with Gasteiger partial charge in [0.05, 0.1) is 10.6 Å². The van der Waals surface area contributed by atoms with Crippen LogP contribution in [-0.4, -0.2) is 27.1 Å². The van der Waals surface area contributed by atoms with E-state index in [2.05, 4.69) is 34.3 Å². The number of aryl methyl sites for hydroxylation is 1.